The molecule has 21 heavy (non-hydrogen) atoms. The number of carboxylic acids is 1. The minimum Gasteiger partial charge on any atom is -0.477 e. The molecule has 0 unspecified atom stereocenters. The second-order valence-corrected chi connectivity index (χ2v) is 5.02. The minimum absolute atomic E-state index is 0.175. The third kappa shape index (κ3) is 3.60. The van der Waals surface area contributed by atoms with E-state index in [0.717, 1.165) is 30.5 Å². The number of carboxylic acid groups (broad SMARTS) is 1. The summed E-state index contributed by atoms with van der Waals surface area (Å²) in [7, 11) is 0. The standard InChI is InChI=1S/C17H19NO3/c1-2-3-9-14-10-11-15(17(20)21)16(19)18(14)12-13-7-5-4-6-8-13/h4-8,10-11H,2-3,9,12H2,1H3,(H,20,21). The van der Waals surface area contributed by atoms with Crippen LogP contribution in [0.25, 0.3) is 0 Å². The van der Waals surface area contributed by atoms with Crippen molar-refractivity contribution < 1.29 is 9.90 Å². The van der Waals surface area contributed by atoms with E-state index in [0.29, 0.717) is 6.54 Å². The lowest BCUT2D eigenvalue weighted by atomic mass is 10.1. The number of aromatic carboxylic acids is 1. The summed E-state index contributed by atoms with van der Waals surface area (Å²) in [6.07, 6.45) is 2.78. The molecule has 2 rings (SSSR count). The Balaban J connectivity index is 2.45. The molecule has 0 atom stereocenters. The number of benzene rings is 1. The van der Waals surface area contributed by atoms with Crippen molar-refractivity contribution >= 4 is 5.97 Å². The number of hydrogen-bond acceptors (Lipinski definition) is 2. The van der Waals surface area contributed by atoms with Gasteiger partial charge in [-0.2, -0.15) is 0 Å². The third-order valence-corrected chi connectivity index (χ3v) is 3.47. The van der Waals surface area contributed by atoms with E-state index in [1.807, 2.05) is 30.3 Å². The maximum Gasteiger partial charge on any atom is 0.341 e. The number of rotatable bonds is 6. The molecule has 0 aliphatic carbocycles. The predicted molar refractivity (Wildman–Crippen MR) is 81.8 cm³/mol. The second-order valence-electron chi connectivity index (χ2n) is 5.02. The Morgan fingerprint density at radius 2 is 1.86 bits per heavy atom. The smallest absolute Gasteiger partial charge is 0.341 e. The molecule has 1 N–H and O–H groups in total. The fourth-order valence-corrected chi connectivity index (χ4v) is 2.29. The van der Waals surface area contributed by atoms with Crippen molar-refractivity contribution in [3.8, 4) is 0 Å². The number of aromatic nitrogens is 1. The second kappa shape index (κ2) is 6.88. The normalized spacial score (nSPS) is 10.5. The lowest BCUT2D eigenvalue weighted by Gasteiger charge is -2.13. The molecule has 0 bridgehead atoms. The molecule has 4 heteroatoms. The Bertz CT molecular complexity index is 674. The Hall–Kier alpha value is -2.36. The number of hydrogen-bond donors (Lipinski definition) is 1. The molecule has 1 aromatic heterocycles. The maximum atomic E-state index is 12.4. The van der Waals surface area contributed by atoms with E-state index in [-0.39, 0.29) is 5.56 Å². The summed E-state index contributed by atoms with van der Waals surface area (Å²) in [6.45, 7) is 2.49. The third-order valence-electron chi connectivity index (χ3n) is 3.47. The summed E-state index contributed by atoms with van der Waals surface area (Å²) in [4.78, 5) is 23.5. The number of unbranched alkanes of at least 4 members (excludes halogenated alkanes) is 1. The zero-order valence-corrected chi connectivity index (χ0v) is 12.1. The SMILES string of the molecule is CCCCc1ccc(C(=O)O)c(=O)n1Cc1ccccc1. The van der Waals surface area contributed by atoms with Crippen LogP contribution in [0.1, 0.15) is 41.4 Å². The molecule has 1 heterocycles. The van der Waals surface area contributed by atoms with Gasteiger partial charge >= 0.3 is 5.97 Å². The van der Waals surface area contributed by atoms with Gasteiger partial charge in [0.1, 0.15) is 5.56 Å². The molecule has 0 radical (unpaired) electrons. The topological polar surface area (TPSA) is 59.3 Å². The summed E-state index contributed by atoms with van der Waals surface area (Å²) in [6, 6.07) is 12.8. The average Bonchev–Trinajstić information content (AvgIpc) is 2.48. The van der Waals surface area contributed by atoms with Crippen molar-refractivity contribution in [2.75, 3.05) is 0 Å². The van der Waals surface area contributed by atoms with Gasteiger partial charge in [-0.1, -0.05) is 43.7 Å². The van der Waals surface area contributed by atoms with Crippen LogP contribution < -0.4 is 5.56 Å². The van der Waals surface area contributed by atoms with Crippen molar-refractivity contribution in [1.29, 1.82) is 0 Å². The molecule has 110 valence electrons. The molecule has 0 amide bonds. The quantitative estimate of drug-likeness (QED) is 0.887. The van der Waals surface area contributed by atoms with Crippen LogP contribution in [0.4, 0.5) is 0 Å². The van der Waals surface area contributed by atoms with Crippen LogP contribution in [0.3, 0.4) is 0 Å². The van der Waals surface area contributed by atoms with Gasteiger partial charge in [0.2, 0.25) is 0 Å². The molecule has 0 aliphatic rings. The largest absolute Gasteiger partial charge is 0.477 e. The monoisotopic (exact) mass is 285 g/mol. The first-order valence-electron chi connectivity index (χ1n) is 7.13. The van der Waals surface area contributed by atoms with E-state index < -0.39 is 11.5 Å². The van der Waals surface area contributed by atoms with E-state index >= 15 is 0 Å². The number of nitrogens with zero attached hydrogens (tertiary/aromatic N) is 1. The van der Waals surface area contributed by atoms with Crippen LogP contribution >= 0.6 is 0 Å². The van der Waals surface area contributed by atoms with Crippen molar-refractivity contribution in [1.82, 2.24) is 4.57 Å². The van der Waals surface area contributed by atoms with Gasteiger partial charge in [0.15, 0.2) is 0 Å². The van der Waals surface area contributed by atoms with Crippen LogP contribution in [0.2, 0.25) is 0 Å². The lowest BCUT2D eigenvalue weighted by molar-refractivity contribution is 0.0694. The van der Waals surface area contributed by atoms with E-state index in [1.165, 1.54) is 6.07 Å². The lowest BCUT2D eigenvalue weighted by Crippen LogP contribution is -2.29. The molecule has 2 aromatic rings. The Labute approximate surface area is 123 Å². The molecule has 0 fully saturated rings. The summed E-state index contributed by atoms with van der Waals surface area (Å²) in [5, 5.41) is 9.11. The van der Waals surface area contributed by atoms with Crippen LogP contribution in [-0.4, -0.2) is 15.6 Å². The number of aryl methyl sites for hydroxylation is 1. The van der Waals surface area contributed by atoms with E-state index in [4.69, 9.17) is 5.11 Å². The molecule has 1 aromatic carbocycles. The zero-order chi connectivity index (χ0) is 15.2. The van der Waals surface area contributed by atoms with E-state index in [9.17, 15) is 9.59 Å². The molecule has 0 saturated heterocycles. The molecular formula is C17H19NO3. The van der Waals surface area contributed by atoms with Gasteiger partial charge in [0.05, 0.1) is 6.54 Å². The van der Waals surface area contributed by atoms with Crippen LogP contribution in [0, 0.1) is 0 Å². The highest BCUT2D eigenvalue weighted by molar-refractivity contribution is 5.87. The van der Waals surface area contributed by atoms with Gasteiger partial charge < -0.3 is 9.67 Å². The van der Waals surface area contributed by atoms with Crippen molar-refractivity contribution in [3.05, 3.63) is 69.6 Å². The molecule has 4 nitrogen and oxygen atoms in total. The molecular weight excluding hydrogens is 266 g/mol. The van der Waals surface area contributed by atoms with Gasteiger partial charge in [-0.15, -0.1) is 0 Å². The summed E-state index contributed by atoms with van der Waals surface area (Å²) < 4.78 is 1.58. The van der Waals surface area contributed by atoms with E-state index in [2.05, 4.69) is 6.92 Å². The van der Waals surface area contributed by atoms with Crippen molar-refractivity contribution in [2.24, 2.45) is 0 Å². The van der Waals surface area contributed by atoms with Gasteiger partial charge in [-0.25, -0.2) is 4.79 Å². The fourth-order valence-electron chi connectivity index (χ4n) is 2.29. The van der Waals surface area contributed by atoms with Gasteiger partial charge in [0.25, 0.3) is 5.56 Å². The summed E-state index contributed by atoms with van der Waals surface area (Å²) in [5.41, 5.74) is 1.27. The van der Waals surface area contributed by atoms with Gasteiger partial charge in [-0.05, 0) is 30.5 Å². The summed E-state index contributed by atoms with van der Waals surface area (Å²) >= 11 is 0. The first-order chi connectivity index (χ1) is 10.1. The molecule has 0 spiro atoms. The minimum atomic E-state index is -1.18. The first-order valence-corrected chi connectivity index (χ1v) is 7.13. The van der Waals surface area contributed by atoms with Gasteiger partial charge in [0, 0.05) is 5.69 Å². The van der Waals surface area contributed by atoms with Crippen LogP contribution in [-0.2, 0) is 13.0 Å². The fraction of sp³-hybridized carbons (Fsp3) is 0.294. The highest BCUT2D eigenvalue weighted by atomic mass is 16.4. The Kier molecular flexibility index (Phi) is 4.93. The summed E-state index contributed by atoms with van der Waals surface area (Å²) in [5.74, 6) is -1.18. The van der Waals surface area contributed by atoms with Crippen LogP contribution in [0.5, 0.6) is 0 Å². The zero-order valence-electron chi connectivity index (χ0n) is 12.1. The number of pyridine rings is 1. The maximum absolute atomic E-state index is 12.4. The van der Waals surface area contributed by atoms with Gasteiger partial charge in [-0.3, -0.25) is 4.79 Å². The molecule has 0 aliphatic heterocycles. The highest BCUT2D eigenvalue weighted by Crippen LogP contribution is 2.09. The van der Waals surface area contributed by atoms with Crippen molar-refractivity contribution in [3.63, 3.8) is 0 Å². The number of carbonyl (C=O) groups is 1. The Morgan fingerprint density at radius 1 is 1.14 bits per heavy atom. The van der Waals surface area contributed by atoms with Crippen LogP contribution in [0.15, 0.2) is 47.3 Å². The predicted octanol–water partition coefficient (Wildman–Crippen LogP) is 2.94. The average molecular weight is 285 g/mol. The first kappa shape index (κ1) is 15.0. The Morgan fingerprint density at radius 3 is 2.48 bits per heavy atom. The highest BCUT2D eigenvalue weighted by Gasteiger charge is 2.14. The van der Waals surface area contributed by atoms with E-state index in [1.54, 1.807) is 10.6 Å². The molecule has 0 saturated carbocycles. The van der Waals surface area contributed by atoms with Crippen molar-refractivity contribution in [2.45, 2.75) is 32.7 Å².